The zero-order valence-corrected chi connectivity index (χ0v) is 38.1. The van der Waals surface area contributed by atoms with E-state index in [2.05, 4.69) is 211 Å². The molecule has 8 aromatic rings. The second kappa shape index (κ2) is 15.4. The maximum absolute atomic E-state index is 6.65. The maximum atomic E-state index is 6.65. The Morgan fingerprint density at radius 3 is 1.95 bits per heavy atom. The molecule has 0 atom stereocenters. The molecule has 9 rings (SSSR count). The van der Waals surface area contributed by atoms with Crippen LogP contribution in [0, 0.1) is 18.8 Å². The molecule has 6 aromatic carbocycles. The number of benzene rings is 6. The second-order valence-electron chi connectivity index (χ2n) is 18.8. The van der Waals surface area contributed by atoms with Crippen LogP contribution in [0.5, 0.6) is 11.5 Å². The molecule has 0 fully saturated rings. The molecule has 0 N–H and O–H groups in total. The number of pyridine rings is 1. The van der Waals surface area contributed by atoms with Crippen molar-refractivity contribution in [1.29, 1.82) is 0 Å². The van der Waals surface area contributed by atoms with E-state index in [-0.39, 0.29) is 37.3 Å². The minimum absolute atomic E-state index is 0. The summed E-state index contributed by atoms with van der Waals surface area (Å²) in [5.74, 6) is 2.07. The van der Waals surface area contributed by atoms with Crippen molar-refractivity contribution in [1.82, 2.24) is 9.55 Å². The summed E-state index contributed by atoms with van der Waals surface area (Å²) in [5, 5.41) is 2.24. The van der Waals surface area contributed by atoms with Crippen LogP contribution in [0.4, 0.5) is 22.7 Å². The van der Waals surface area contributed by atoms with Gasteiger partial charge in [0, 0.05) is 66.9 Å². The van der Waals surface area contributed by atoms with Crippen molar-refractivity contribution < 1.29 is 25.8 Å². The van der Waals surface area contributed by atoms with E-state index >= 15 is 0 Å². The first-order valence-corrected chi connectivity index (χ1v) is 20.5. The van der Waals surface area contributed by atoms with E-state index in [9.17, 15) is 0 Å². The molecule has 6 heteroatoms. The maximum Gasteiger partial charge on any atom is 0.135 e. The van der Waals surface area contributed by atoms with Crippen LogP contribution in [0.25, 0.3) is 38.8 Å². The molecule has 1 aliphatic heterocycles. The SMILES string of the molecule is CC(C)(C)c1cc(N2[CH-]N(c3[c-]c(Oc4[c-]c5c(cc4)c4ccccc4n5-c4cc(C(C)(C)C)ccn4)ccc3)c3cccc(-c4ccccc4)c32)cc(C(C)(C)C)c1.[Pt]. The summed E-state index contributed by atoms with van der Waals surface area (Å²) in [4.78, 5) is 9.44. The molecule has 0 saturated heterocycles. The third kappa shape index (κ3) is 7.65. The van der Waals surface area contributed by atoms with E-state index in [1.54, 1.807) is 0 Å². The summed E-state index contributed by atoms with van der Waals surface area (Å²) >= 11 is 0. The van der Waals surface area contributed by atoms with Crippen molar-refractivity contribution >= 4 is 44.6 Å². The summed E-state index contributed by atoms with van der Waals surface area (Å²) < 4.78 is 8.85. The third-order valence-electron chi connectivity index (χ3n) is 11.4. The molecule has 0 spiro atoms. The first-order chi connectivity index (χ1) is 28.1. The van der Waals surface area contributed by atoms with Crippen molar-refractivity contribution in [2.45, 2.75) is 78.6 Å². The zero-order valence-electron chi connectivity index (χ0n) is 35.9. The van der Waals surface area contributed by atoms with E-state index in [0.29, 0.717) is 11.5 Å². The predicted molar refractivity (Wildman–Crippen MR) is 246 cm³/mol. The number of fused-ring (bicyclic) bond motifs is 4. The third-order valence-corrected chi connectivity index (χ3v) is 11.4. The Morgan fingerprint density at radius 2 is 1.23 bits per heavy atom. The molecule has 306 valence electrons. The second-order valence-corrected chi connectivity index (χ2v) is 18.8. The fourth-order valence-corrected chi connectivity index (χ4v) is 8.00. The van der Waals surface area contributed by atoms with Gasteiger partial charge in [-0.05, 0) is 80.3 Å². The van der Waals surface area contributed by atoms with Crippen LogP contribution in [0.1, 0.15) is 79.0 Å². The molecule has 60 heavy (non-hydrogen) atoms. The molecule has 2 aromatic heterocycles. The van der Waals surface area contributed by atoms with Crippen molar-refractivity contribution in [2.75, 3.05) is 9.80 Å². The minimum Gasteiger partial charge on any atom is -0.509 e. The number of hydrogen-bond acceptors (Lipinski definition) is 4. The summed E-state index contributed by atoms with van der Waals surface area (Å²) in [6, 6.07) is 54.5. The van der Waals surface area contributed by atoms with Gasteiger partial charge in [0.2, 0.25) is 0 Å². The first kappa shape index (κ1) is 41.1. The molecule has 0 saturated carbocycles. The van der Waals surface area contributed by atoms with Crippen LogP contribution in [-0.2, 0) is 37.3 Å². The Kier molecular flexibility index (Phi) is 10.6. The topological polar surface area (TPSA) is 33.5 Å². The molecule has 0 radical (unpaired) electrons. The average molecular weight is 967 g/mol. The van der Waals surface area contributed by atoms with Gasteiger partial charge in [-0.15, -0.1) is 48.1 Å². The van der Waals surface area contributed by atoms with Gasteiger partial charge in [-0.25, -0.2) is 4.98 Å². The molecule has 3 heterocycles. The molecule has 0 aliphatic carbocycles. The summed E-state index contributed by atoms with van der Waals surface area (Å²) in [5.41, 5.74) is 12.3. The zero-order chi connectivity index (χ0) is 41.3. The minimum atomic E-state index is -0.0297. The summed E-state index contributed by atoms with van der Waals surface area (Å²) in [6.45, 7) is 22.6. The number of ether oxygens (including phenoxy) is 1. The quantitative estimate of drug-likeness (QED) is 0.156. The van der Waals surface area contributed by atoms with Gasteiger partial charge in [0.05, 0.1) is 0 Å². The molecule has 0 bridgehead atoms. The van der Waals surface area contributed by atoms with Gasteiger partial charge in [0.25, 0.3) is 0 Å². The van der Waals surface area contributed by atoms with Crippen LogP contribution >= 0.6 is 0 Å². The Hall–Kier alpha value is -5.64. The van der Waals surface area contributed by atoms with Gasteiger partial charge in [-0.1, -0.05) is 135 Å². The van der Waals surface area contributed by atoms with Gasteiger partial charge < -0.3 is 19.1 Å². The number of hydrogen-bond donors (Lipinski definition) is 0. The van der Waals surface area contributed by atoms with E-state index in [1.165, 1.54) is 16.7 Å². The number of aromatic nitrogens is 2. The van der Waals surface area contributed by atoms with Gasteiger partial charge in [0.15, 0.2) is 0 Å². The number of nitrogens with zero attached hydrogens (tertiary/aromatic N) is 4. The molecule has 5 nitrogen and oxygen atoms in total. The van der Waals surface area contributed by atoms with Crippen LogP contribution in [-0.4, -0.2) is 9.55 Å². The van der Waals surface area contributed by atoms with Crippen molar-refractivity contribution in [3.05, 3.63) is 175 Å². The fourth-order valence-electron chi connectivity index (χ4n) is 8.00. The van der Waals surface area contributed by atoms with E-state index in [4.69, 9.17) is 9.72 Å². The van der Waals surface area contributed by atoms with Crippen LogP contribution in [0.15, 0.2) is 140 Å². The van der Waals surface area contributed by atoms with Crippen LogP contribution in [0.3, 0.4) is 0 Å². The smallest absolute Gasteiger partial charge is 0.135 e. The Morgan fingerprint density at radius 1 is 0.567 bits per heavy atom. The number of anilines is 4. The Balaban J connectivity index is 0.00000499. The van der Waals surface area contributed by atoms with E-state index in [1.807, 2.05) is 24.4 Å². The summed E-state index contributed by atoms with van der Waals surface area (Å²) in [7, 11) is 0. The van der Waals surface area contributed by atoms with Gasteiger partial charge >= 0.3 is 0 Å². The van der Waals surface area contributed by atoms with Gasteiger partial charge in [0.1, 0.15) is 5.82 Å². The van der Waals surface area contributed by atoms with Crippen LogP contribution < -0.4 is 14.5 Å². The Bertz CT molecular complexity index is 2820. The normalized spacial score (nSPS) is 13.2. The molecule has 0 amide bonds. The summed E-state index contributed by atoms with van der Waals surface area (Å²) in [6.07, 6.45) is 1.90. The van der Waals surface area contributed by atoms with Gasteiger partial charge in [-0.3, -0.25) is 0 Å². The van der Waals surface area contributed by atoms with Crippen molar-refractivity contribution in [3.8, 4) is 28.4 Å². The Labute approximate surface area is 369 Å². The molecule has 1 aliphatic rings. The average Bonchev–Trinajstić information content (AvgIpc) is 3.77. The van der Waals surface area contributed by atoms with E-state index < -0.39 is 0 Å². The van der Waals surface area contributed by atoms with Gasteiger partial charge in [-0.2, -0.15) is 12.1 Å². The molecular weight excluding hydrogens is 916 g/mol. The van der Waals surface area contributed by atoms with Crippen molar-refractivity contribution in [3.63, 3.8) is 0 Å². The molecule has 0 unspecified atom stereocenters. The number of para-hydroxylation sites is 2. The van der Waals surface area contributed by atoms with Crippen molar-refractivity contribution in [2.24, 2.45) is 0 Å². The van der Waals surface area contributed by atoms with Crippen LogP contribution in [0.2, 0.25) is 0 Å². The fraction of sp³-hybridized carbons (Fsp3) is 0.222. The largest absolute Gasteiger partial charge is 0.509 e. The standard InChI is InChI=1S/C54H51N4O.Pt/c1-52(2,3)37-27-28-55-50(32-37)58-47-23-14-13-21-45(47)46-26-25-43(34-49(46)58)59-42-20-15-19-40(33-42)56-35-57(41-30-38(53(4,5)6)29-39(31-41)54(7,8)9)51-44(22-16-24-48(51)56)36-17-11-10-12-18-36;/h10-32,35H,1-9H3;/q-3;. The predicted octanol–water partition coefficient (Wildman–Crippen LogP) is 14.5. The first-order valence-electron chi connectivity index (χ1n) is 20.5. The monoisotopic (exact) mass is 966 g/mol. The number of rotatable bonds is 6. The van der Waals surface area contributed by atoms with E-state index in [0.717, 1.165) is 61.5 Å². The molecular formula is C54H51N4OPt-3.